The Balaban J connectivity index is 2.05. The van der Waals surface area contributed by atoms with Crippen LogP contribution in [0, 0.1) is 13.8 Å². The van der Waals surface area contributed by atoms with E-state index in [1.165, 1.54) is 18.4 Å². The third kappa shape index (κ3) is 2.90. The van der Waals surface area contributed by atoms with Crippen LogP contribution in [0.4, 0.5) is 0 Å². The first-order chi connectivity index (χ1) is 11.0. The molecular formula is C17H16N2O3S. The smallest absolute Gasteiger partial charge is 0.337 e. The highest BCUT2D eigenvalue weighted by atomic mass is 32.1. The average molecular weight is 328 g/mol. The topological polar surface area (TPSA) is 61.2 Å². The van der Waals surface area contributed by atoms with Crippen LogP contribution in [0.15, 0.2) is 35.1 Å². The maximum absolute atomic E-state index is 12.7. The van der Waals surface area contributed by atoms with Crippen molar-refractivity contribution in [3.8, 4) is 0 Å². The third-order valence-corrected chi connectivity index (χ3v) is 4.60. The Morgan fingerprint density at radius 2 is 2.09 bits per heavy atom. The van der Waals surface area contributed by atoms with Gasteiger partial charge < -0.3 is 4.74 Å². The normalized spacial score (nSPS) is 10.9. The summed E-state index contributed by atoms with van der Waals surface area (Å²) in [5, 5.41) is 0.641. The molecule has 23 heavy (non-hydrogen) atoms. The first kappa shape index (κ1) is 15.4. The molecule has 0 saturated heterocycles. The number of nitrogens with zero attached hydrogens (tertiary/aromatic N) is 2. The summed E-state index contributed by atoms with van der Waals surface area (Å²) < 4.78 is 6.36. The highest BCUT2D eigenvalue weighted by Gasteiger charge is 2.12. The van der Waals surface area contributed by atoms with Gasteiger partial charge in [-0.2, -0.15) is 0 Å². The Bertz CT molecular complexity index is 956. The van der Waals surface area contributed by atoms with E-state index in [9.17, 15) is 9.59 Å². The van der Waals surface area contributed by atoms with Crippen LogP contribution in [-0.2, 0) is 11.3 Å². The fourth-order valence-electron chi connectivity index (χ4n) is 2.52. The van der Waals surface area contributed by atoms with Crippen LogP contribution in [0.1, 0.15) is 26.6 Å². The molecule has 0 spiro atoms. The molecule has 0 N–H and O–H groups in total. The van der Waals surface area contributed by atoms with Crippen LogP contribution < -0.4 is 5.56 Å². The summed E-state index contributed by atoms with van der Waals surface area (Å²) in [5.74, 6) is 0.269. The number of ether oxygens (including phenoxy) is 1. The predicted molar refractivity (Wildman–Crippen MR) is 90.2 cm³/mol. The zero-order valence-electron chi connectivity index (χ0n) is 13.1. The molecule has 0 fully saturated rings. The minimum Gasteiger partial charge on any atom is -0.465 e. The second kappa shape index (κ2) is 5.96. The van der Waals surface area contributed by atoms with Crippen LogP contribution in [0.3, 0.4) is 0 Å². The Hall–Kier alpha value is -2.47. The number of fused-ring (bicyclic) bond motifs is 1. The molecule has 0 amide bonds. The summed E-state index contributed by atoms with van der Waals surface area (Å²) >= 11 is 1.52. The van der Waals surface area contributed by atoms with Gasteiger partial charge in [-0.15, -0.1) is 11.3 Å². The van der Waals surface area contributed by atoms with Crippen molar-refractivity contribution in [1.29, 1.82) is 0 Å². The van der Waals surface area contributed by atoms with Crippen molar-refractivity contribution in [1.82, 2.24) is 9.55 Å². The van der Waals surface area contributed by atoms with Gasteiger partial charge in [-0.3, -0.25) is 9.36 Å². The number of hydrogen-bond donors (Lipinski definition) is 0. The minimum atomic E-state index is -0.391. The molecule has 0 saturated carbocycles. The number of rotatable bonds is 3. The van der Waals surface area contributed by atoms with Crippen LogP contribution in [0.2, 0.25) is 0 Å². The summed E-state index contributed by atoms with van der Waals surface area (Å²) in [6, 6.07) is 8.95. The van der Waals surface area contributed by atoms with Gasteiger partial charge in [-0.25, -0.2) is 9.78 Å². The largest absolute Gasteiger partial charge is 0.465 e. The number of aromatic nitrogens is 2. The molecule has 0 unspecified atom stereocenters. The Kier molecular flexibility index (Phi) is 4.00. The zero-order valence-corrected chi connectivity index (χ0v) is 13.9. The van der Waals surface area contributed by atoms with Crippen LogP contribution in [0.5, 0.6) is 0 Å². The first-order valence-corrected chi connectivity index (χ1v) is 7.96. The summed E-state index contributed by atoms with van der Waals surface area (Å²) in [4.78, 5) is 30.7. The number of hydrogen-bond acceptors (Lipinski definition) is 5. The van der Waals surface area contributed by atoms with Gasteiger partial charge in [0, 0.05) is 4.88 Å². The van der Waals surface area contributed by atoms with E-state index in [0.717, 1.165) is 15.3 Å². The van der Waals surface area contributed by atoms with E-state index in [0.29, 0.717) is 23.3 Å². The van der Waals surface area contributed by atoms with Crippen molar-refractivity contribution < 1.29 is 9.53 Å². The van der Waals surface area contributed by atoms with Gasteiger partial charge in [-0.05, 0) is 37.6 Å². The lowest BCUT2D eigenvalue weighted by Gasteiger charge is -2.10. The maximum atomic E-state index is 12.7. The third-order valence-electron chi connectivity index (χ3n) is 3.65. The predicted octanol–water partition coefficient (Wildman–Crippen LogP) is 2.91. The van der Waals surface area contributed by atoms with E-state index in [4.69, 9.17) is 4.74 Å². The molecule has 3 rings (SSSR count). The summed E-state index contributed by atoms with van der Waals surface area (Å²) in [6.07, 6.45) is 0. The van der Waals surface area contributed by atoms with Gasteiger partial charge in [0.05, 0.1) is 24.6 Å². The van der Waals surface area contributed by atoms with Crippen LogP contribution in [0.25, 0.3) is 10.2 Å². The molecule has 2 heterocycles. The molecule has 118 valence electrons. The first-order valence-electron chi connectivity index (χ1n) is 7.14. The van der Waals surface area contributed by atoms with Gasteiger partial charge in [0.25, 0.3) is 5.56 Å². The number of carbonyl (C=O) groups excluding carboxylic acids is 1. The number of esters is 1. The van der Waals surface area contributed by atoms with E-state index in [-0.39, 0.29) is 5.56 Å². The lowest BCUT2D eigenvalue weighted by Crippen LogP contribution is -2.24. The van der Waals surface area contributed by atoms with E-state index >= 15 is 0 Å². The standard InChI is InChI=1S/C17H16N2O3S/c1-10-7-14-15(23-10)18-11(2)19(16(14)20)9-12-5-4-6-13(8-12)17(21)22-3/h4-8H,9H2,1-3H3. The van der Waals surface area contributed by atoms with Gasteiger partial charge in [0.1, 0.15) is 10.7 Å². The molecule has 2 aromatic heterocycles. The van der Waals surface area contributed by atoms with Gasteiger partial charge in [-0.1, -0.05) is 12.1 Å². The molecule has 0 radical (unpaired) electrons. The van der Waals surface area contributed by atoms with Crippen molar-refractivity contribution in [2.45, 2.75) is 20.4 Å². The van der Waals surface area contributed by atoms with E-state index < -0.39 is 5.97 Å². The second-order valence-electron chi connectivity index (χ2n) is 5.32. The van der Waals surface area contributed by atoms with E-state index in [1.54, 1.807) is 22.8 Å². The Morgan fingerprint density at radius 1 is 1.30 bits per heavy atom. The number of carbonyl (C=O) groups is 1. The van der Waals surface area contributed by atoms with Crippen molar-refractivity contribution in [3.05, 3.63) is 62.5 Å². The number of thiophene rings is 1. The highest BCUT2D eigenvalue weighted by molar-refractivity contribution is 7.18. The Labute approximate surface area is 137 Å². The summed E-state index contributed by atoms with van der Waals surface area (Å²) in [7, 11) is 1.35. The number of aryl methyl sites for hydroxylation is 2. The lowest BCUT2D eigenvalue weighted by atomic mass is 10.1. The lowest BCUT2D eigenvalue weighted by molar-refractivity contribution is 0.0600. The fourth-order valence-corrected chi connectivity index (χ4v) is 3.44. The average Bonchev–Trinajstić information content (AvgIpc) is 2.91. The van der Waals surface area contributed by atoms with E-state index in [1.807, 2.05) is 26.0 Å². The molecule has 0 bridgehead atoms. The van der Waals surface area contributed by atoms with Crippen molar-refractivity contribution in [2.24, 2.45) is 0 Å². The second-order valence-corrected chi connectivity index (χ2v) is 6.55. The van der Waals surface area contributed by atoms with Gasteiger partial charge in [0.15, 0.2) is 0 Å². The molecule has 0 aliphatic rings. The molecule has 0 atom stereocenters. The summed E-state index contributed by atoms with van der Waals surface area (Å²) in [5.41, 5.74) is 1.27. The zero-order chi connectivity index (χ0) is 16.6. The molecule has 6 heteroatoms. The number of methoxy groups -OCH3 is 1. The van der Waals surface area contributed by atoms with Gasteiger partial charge in [0.2, 0.25) is 0 Å². The van der Waals surface area contributed by atoms with Crippen LogP contribution >= 0.6 is 11.3 Å². The molecule has 0 aliphatic heterocycles. The van der Waals surface area contributed by atoms with Crippen LogP contribution in [-0.4, -0.2) is 22.6 Å². The quantitative estimate of drug-likeness (QED) is 0.694. The Morgan fingerprint density at radius 3 is 2.83 bits per heavy atom. The van der Waals surface area contributed by atoms with E-state index in [2.05, 4.69) is 4.98 Å². The number of benzene rings is 1. The molecule has 0 aliphatic carbocycles. The molecule has 1 aromatic carbocycles. The van der Waals surface area contributed by atoms with Gasteiger partial charge >= 0.3 is 5.97 Å². The summed E-state index contributed by atoms with van der Waals surface area (Å²) in [6.45, 7) is 4.15. The fraction of sp³-hybridized carbons (Fsp3) is 0.235. The monoisotopic (exact) mass is 328 g/mol. The van der Waals surface area contributed by atoms with Crippen molar-refractivity contribution >= 4 is 27.5 Å². The maximum Gasteiger partial charge on any atom is 0.337 e. The molecule has 5 nitrogen and oxygen atoms in total. The molecular weight excluding hydrogens is 312 g/mol. The molecule has 3 aromatic rings. The highest BCUT2D eigenvalue weighted by Crippen LogP contribution is 2.20. The minimum absolute atomic E-state index is 0.0553. The van der Waals surface area contributed by atoms with Crippen molar-refractivity contribution in [3.63, 3.8) is 0 Å². The van der Waals surface area contributed by atoms with Crippen molar-refractivity contribution in [2.75, 3.05) is 7.11 Å². The SMILES string of the molecule is COC(=O)c1cccc(Cn2c(C)nc3sc(C)cc3c2=O)c1.